The van der Waals surface area contributed by atoms with E-state index in [0.717, 1.165) is 47.9 Å². The number of aromatic nitrogens is 4. The van der Waals surface area contributed by atoms with Crippen LogP contribution in [0, 0.1) is 19.8 Å². The molecule has 0 radical (unpaired) electrons. The maximum atomic E-state index is 13.8. The number of nitrogens with zero attached hydrogens (tertiary/aromatic N) is 4. The van der Waals surface area contributed by atoms with E-state index < -0.39 is 0 Å². The van der Waals surface area contributed by atoms with E-state index in [1.807, 2.05) is 54.8 Å². The van der Waals surface area contributed by atoms with Crippen LogP contribution in [-0.4, -0.2) is 25.6 Å². The van der Waals surface area contributed by atoms with Crippen molar-refractivity contribution in [1.82, 2.24) is 19.5 Å². The number of aryl methyl sites for hydroxylation is 2. The van der Waals surface area contributed by atoms with Crippen molar-refractivity contribution in [2.45, 2.75) is 52.1 Å². The lowest BCUT2D eigenvalue weighted by Gasteiger charge is -2.27. The summed E-state index contributed by atoms with van der Waals surface area (Å²) in [5.41, 5.74) is 10.8. The van der Waals surface area contributed by atoms with Gasteiger partial charge < -0.3 is 5.73 Å². The lowest BCUT2D eigenvalue weighted by atomic mass is 9.86. The van der Waals surface area contributed by atoms with Crippen LogP contribution in [0.4, 0.5) is 0 Å². The standard InChI is InChI=1S/C27H28ClN5O/c1-16-4-3-11-30-25(16)19-7-10-22(24(28)13-19)23-12-20-14-31-17(2)32-26(20)33(27(23)34)15-18-5-8-21(29)9-6-18/h3-4,7,10-14,18,21H,5-6,8-9,15,29H2,1-2H3. The zero-order valence-electron chi connectivity index (χ0n) is 19.5. The van der Waals surface area contributed by atoms with Gasteiger partial charge in [-0.2, -0.15) is 0 Å². The van der Waals surface area contributed by atoms with Crippen LogP contribution in [0.3, 0.4) is 0 Å². The van der Waals surface area contributed by atoms with Crippen LogP contribution >= 0.6 is 11.6 Å². The first-order chi connectivity index (χ1) is 16.4. The second-order valence-electron chi connectivity index (χ2n) is 9.31. The molecule has 1 aliphatic carbocycles. The molecule has 1 aromatic carbocycles. The molecule has 174 valence electrons. The highest BCUT2D eigenvalue weighted by molar-refractivity contribution is 6.33. The minimum absolute atomic E-state index is 0.0795. The Morgan fingerprint density at radius 3 is 2.59 bits per heavy atom. The van der Waals surface area contributed by atoms with E-state index in [2.05, 4.69) is 15.0 Å². The predicted molar refractivity (Wildman–Crippen MR) is 137 cm³/mol. The number of hydrogen-bond acceptors (Lipinski definition) is 5. The Hall–Kier alpha value is -3.09. The van der Waals surface area contributed by atoms with E-state index in [1.165, 1.54) is 0 Å². The highest BCUT2D eigenvalue weighted by atomic mass is 35.5. The molecule has 0 bridgehead atoms. The zero-order chi connectivity index (χ0) is 23.8. The number of nitrogens with two attached hydrogens (primary N) is 1. The monoisotopic (exact) mass is 473 g/mol. The lowest BCUT2D eigenvalue weighted by Crippen LogP contribution is -2.31. The second kappa shape index (κ2) is 9.28. The molecular weight excluding hydrogens is 446 g/mol. The van der Waals surface area contributed by atoms with Crippen molar-refractivity contribution in [2.24, 2.45) is 11.7 Å². The summed E-state index contributed by atoms with van der Waals surface area (Å²) >= 11 is 6.75. The van der Waals surface area contributed by atoms with Gasteiger partial charge in [-0.05, 0) is 69.2 Å². The van der Waals surface area contributed by atoms with E-state index in [0.29, 0.717) is 40.1 Å². The Bertz CT molecular complexity index is 1420. The predicted octanol–water partition coefficient (Wildman–Crippen LogP) is 5.31. The molecule has 0 unspecified atom stereocenters. The van der Waals surface area contributed by atoms with Crippen molar-refractivity contribution in [3.63, 3.8) is 0 Å². The van der Waals surface area contributed by atoms with Gasteiger partial charge in [-0.15, -0.1) is 0 Å². The smallest absolute Gasteiger partial charge is 0.260 e. The first-order valence-electron chi connectivity index (χ1n) is 11.8. The number of halogens is 1. The highest BCUT2D eigenvalue weighted by Gasteiger charge is 2.22. The quantitative estimate of drug-likeness (QED) is 0.434. The summed E-state index contributed by atoms with van der Waals surface area (Å²) in [7, 11) is 0. The van der Waals surface area contributed by atoms with E-state index in [9.17, 15) is 4.79 Å². The van der Waals surface area contributed by atoms with Gasteiger partial charge in [-0.3, -0.25) is 14.3 Å². The maximum Gasteiger partial charge on any atom is 0.260 e. The summed E-state index contributed by atoms with van der Waals surface area (Å²) in [6.45, 7) is 4.48. The third-order valence-corrected chi connectivity index (χ3v) is 7.13. The molecule has 7 heteroatoms. The Balaban J connectivity index is 1.61. The van der Waals surface area contributed by atoms with Gasteiger partial charge in [0, 0.05) is 52.1 Å². The van der Waals surface area contributed by atoms with Crippen LogP contribution in [-0.2, 0) is 6.54 Å². The van der Waals surface area contributed by atoms with Gasteiger partial charge in [-0.1, -0.05) is 29.8 Å². The van der Waals surface area contributed by atoms with Gasteiger partial charge in [0.05, 0.1) is 5.69 Å². The van der Waals surface area contributed by atoms with Gasteiger partial charge in [-0.25, -0.2) is 9.97 Å². The molecule has 4 aromatic rings. The zero-order valence-corrected chi connectivity index (χ0v) is 20.2. The normalized spacial score (nSPS) is 18.4. The molecule has 0 amide bonds. The molecule has 0 saturated heterocycles. The third kappa shape index (κ3) is 4.36. The van der Waals surface area contributed by atoms with Gasteiger partial charge in [0.25, 0.3) is 5.56 Å². The molecule has 0 aliphatic heterocycles. The van der Waals surface area contributed by atoms with Gasteiger partial charge in [0.2, 0.25) is 0 Å². The van der Waals surface area contributed by atoms with E-state index in [-0.39, 0.29) is 11.6 Å². The summed E-state index contributed by atoms with van der Waals surface area (Å²) in [6, 6.07) is 11.8. The van der Waals surface area contributed by atoms with Gasteiger partial charge in [0.15, 0.2) is 0 Å². The van der Waals surface area contributed by atoms with E-state index >= 15 is 0 Å². The molecule has 1 fully saturated rings. The number of benzene rings is 1. The molecule has 1 saturated carbocycles. The first kappa shape index (κ1) is 22.7. The van der Waals surface area contributed by atoms with Crippen molar-refractivity contribution >= 4 is 22.6 Å². The van der Waals surface area contributed by atoms with Crippen molar-refractivity contribution < 1.29 is 0 Å². The average molecular weight is 474 g/mol. The van der Waals surface area contributed by atoms with Crippen LogP contribution in [0.1, 0.15) is 37.1 Å². The fraction of sp³-hybridized carbons (Fsp3) is 0.333. The Kier molecular flexibility index (Phi) is 6.19. The molecule has 5 rings (SSSR count). The Labute approximate surface area is 203 Å². The molecule has 34 heavy (non-hydrogen) atoms. The molecule has 2 N–H and O–H groups in total. The summed E-state index contributed by atoms with van der Waals surface area (Å²) in [5.74, 6) is 1.04. The van der Waals surface area contributed by atoms with Crippen LogP contribution in [0.15, 0.2) is 53.6 Å². The van der Waals surface area contributed by atoms with Crippen LogP contribution in [0.25, 0.3) is 33.4 Å². The average Bonchev–Trinajstić information content (AvgIpc) is 2.83. The minimum atomic E-state index is -0.0795. The lowest BCUT2D eigenvalue weighted by molar-refractivity contribution is 0.295. The molecule has 3 aromatic heterocycles. The molecule has 3 heterocycles. The number of rotatable bonds is 4. The number of hydrogen-bond donors (Lipinski definition) is 1. The van der Waals surface area contributed by atoms with Crippen molar-refractivity contribution in [3.8, 4) is 22.4 Å². The second-order valence-corrected chi connectivity index (χ2v) is 9.72. The number of pyridine rings is 2. The molecular formula is C27H28ClN5O. The van der Waals surface area contributed by atoms with Crippen molar-refractivity contribution in [1.29, 1.82) is 0 Å². The minimum Gasteiger partial charge on any atom is -0.328 e. The van der Waals surface area contributed by atoms with Gasteiger partial charge >= 0.3 is 0 Å². The molecule has 0 atom stereocenters. The van der Waals surface area contributed by atoms with Crippen molar-refractivity contribution in [3.05, 3.63) is 75.6 Å². The first-order valence-corrected chi connectivity index (χ1v) is 12.1. The van der Waals surface area contributed by atoms with E-state index in [1.54, 1.807) is 12.4 Å². The summed E-state index contributed by atoms with van der Waals surface area (Å²) in [5, 5.41) is 1.34. The fourth-order valence-corrected chi connectivity index (χ4v) is 5.19. The Morgan fingerprint density at radius 1 is 1.06 bits per heavy atom. The molecule has 6 nitrogen and oxygen atoms in total. The summed E-state index contributed by atoms with van der Waals surface area (Å²) < 4.78 is 1.81. The SMILES string of the molecule is Cc1ncc2cc(-c3ccc(-c4ncccc4C)cc3Cl)c(=O)n(CC3CCC(N)CC3)c2n1. The maximum absolute atomic E-state index is 13.8. The largest absolute Gasteiger partial charge is 0.328 e. The van der Waals surface area contributed by atoms with Crippen LogP contribution in [0.5, 0.6) is 0 Å². The topological polar surface area (TPSA) is 86.7 Å². The van der Waals surface area contributed by atoms with Crippen molar-refractivity contribution in [2.75, 3.05) is 0 Å². The van der Waals surface area contributed by atoms with Gasteiger partial charge in [0.1, 0.15) is 11.5 Å². The molecule has 1 aliphatic rings. The van der Waals surface area contributed by atoms with Crippen LogP contribution < -0.4 is 11.3 Å². The third-order valence-electron chi connectivity index (χ3n) is 6.82. The summed E-state index contributed by atoms with van der Waals surface area (Å²) in [4.78, 5) is 27.3. The Morgan fingerprint density at radius 2 is 1.85 bits per heavy atom. The number of fused-ring (bicyclic) bond motifs is 1. The van der Waals surface area contributed by atoms with Crippen LogP contribution in [0.2, 0.25) is 5.02 Å². The highest BCUT2D eigenvalue weighted by Crippen LogP contribution is 2.33. The molecule has 0 spiro atoms. The fourth-order valence-electron chi connectivity index (χ4n) is 4.90. The summed E-state index contributed by atoms with van der Waals surface area (Å²) in [6.07, 6.45) is 7.57. The van der Waals surface area contributed by atoms with E-state index in [4.69, 9.17) is 17.3 Å².